The normalized spacial score (nSPS) is 21.5. The number of benzene rings is 1. The number of rotatable bonds is 4. The highest BCUT2D eigenvalue weighted by Gasteiger charge is 2.17. The summed E-state index contributed by atoms with van der Waals surface area (Å²) in [5.74, 6) is 0.270. The van der Waals surface area contributed by atoms with Crippen LogP contribution in [-0.4, -0.2) is 29.8 Å². The van der Waals surface area contributed by atoms with Gasteiger partial charge in [-0.05, 0) is 26.3 Å². The topological polar surface area (TPSA) is 20.3 Å². The molecule has 1 fully saturated rings. The molecule has 0 unspecified atom stereocenters. The van der Waals surface area contributed by atoms with Gasteiger partial charge >= 0.3 is 0 Å². The van der Waals surface area contributed by atoms with Crippen LogP contribution in [0.4, 0.5) is 0 Å². The minimum atomic E-state index is 0.270. The quantitative estimate of drug-likeness (QED) is 0.756. The second-order valence-corrected chi connectivity index (χ2v) is 5.27. The SMILES string of the molecule is C[C@@H]1CCCCCN1CCC(=O)c1ccccc1. The van der Waals surface area contributed by atoms with E-state index in [0.29, 0.717) is 12.5 Å². The second-order valence-electron chi connectivity index (χ2n) is 5.27. The van der Waals surface area contributed by atoms with Crippen LogP contribution in [0.3, 0.4) is 0 Å². The maximum Gasteiger partial charge on any atom is 0.164 e. The number of carbonyl (C=O) groups is 1. The number of hydrogen-bond donors (Lipinski definition) is 0. The molecule has 0 amide bonds. The molecule has 0 radical (unpaired) electrons. The van der Waals surface area contributed by atoms with E-state index in [2.05, 4.69) is 11.8 Å². The zero-order valence-electron chi connectivity index (χ0n) is 11.3. The van der Waals surface area contributed by atoms with Crippen molar-refractivity contribution in [3.8, 4) is 0 Å². The van der Waals surface area contributed by atoms with Crippen molar-refractivity contribution < 1.29 is 4.79 Å². The first kappa shape index (κ1) is 13.3. The van der Waals surface area contributed by atoms with Crippen molar-refractivity contribution in [1.82, 2.24) is 4.90 Å². The Morgan fingerprint density at radius 2 is 2.00 bits per heavy atom. The lowest BCUT2D eigenvalue weighted by atomic mass is 10.1. The summed E-state index contributed by atoms with van der Waals surface area (Å²) in [6.07, 6.45) is 5.88. The van der Waals surface area contributed by atoms with Gasteiger partial charge in [-0.1, -0.05) is 43.2 Å². The molecule has 0 saturated carbocycles. The summed E-state index contributed by atoms with van der Waals surface area (Å²) in [4.78, 5) is 14.5. The molecule has 1 aromatic carbocycles. The molecule has 1 aliphatic rings. The van der Waals surface area contributed by atoms with Gasteiger partial charge in [0, 0.05) is 24.6 Å². The molecule has 0 N–H and O–H groups in total. The Morgan fingerprint density at radius 1 is 1.22 bits per heavy atom. The summed E-state index contributed by atoms with van der Waals surface area (Å²) >= 11 is 0. The summed E-state index contributed by atoms with van der Waals surface area (Å²) < 4.78 is 0. The van der Waals surface area contributed by atoms with Gasteiger partial charge in [-0.2, -0.15) is 0 Å². The van der Waals surface area contributed by atoms with Crippen LogP contribution in [0.25, 0.3) is 0 Å². The summed E-state index contributed by atoms with van der Waals surface area (Å²) in [7, 11) is 0. The zero-order chi connectivity index (χ0) is 12.8. The van der Waals surface area contributed by atoms with Gasteiger partial charge in [0.15, 0.2) is 5.78 Å². The lowest BCUT2D eigenvalue weighted by Gasteiger charge is -2.26. The molecule has 0 bridgehead atoms. The Hall–Kier alpha value is -1.15. The van der Waals surface area contributed by atoms with Crippen molar-refractivity contribution in [2.75, 3.05) is 13.1 Å². The van der Waals surface area contributed by atoms with Gasteiger partial charge in [-0.25, -0.2) is 0 Å². The van der Waals surface area contributed by atoms with Crippen LogP contribution < -0.4 is 0 Å². The van der Waals surface area contributed by atoms with E-state index in [0.717, 1.165) is 18.7 Å². The van der Waals surface area contributed by atoms with E-state index >= 15 is 0 Å². The van der Waals surface area contributed by atoms with Gasteiger partial charge in [0.25, 0.3) is 0 Å². The Kier molecular flexibility index (Phi) is 4.94. The molecule has 1 saturated heterocycles. The van der Waals surface area contributed by atoms with Gasteiger partial charge < -0.3 is 4.90 Å². The van der Waals surface area contributed by atoms with E-state index in [1.165, 1.54) is 25.7 Å². The number of nitrogens with zero attached hydrogens (tertiary/aromatic N) is 1. The van der Waals surface area contributed by atoms with E-state index in [9.17, 15) is 4.79 Å². The van der Waals surface area contributed by atoms with Crippen molar-refractivity contribution >= 4 is 5.78 Å². The number of likely N-dealkylation sites (tertiary alicyclic amines) is 1. The summed E-state index contributed by atoms with van der Waals surface area (Å²) in [5, 5.41) is 0. The first-order chi connectivity index (χ1) is 8.77. The van der Waals surface area contributed by atoms with Gasteiger partial charge in [0.2, 0.25) is 0 Å². The first-order valence-corrected chi connectivity index (χ1v) is 7.09. The molecule has 1 aromatic rings. The molecule has 2 rings (SSSR count). The van der Waals surface area contributed by atoms with Crippen LogP contribution in [-0.2, 0) is 0 Å². The largest absolute Gasteiger partial charge is 0.300 e. The van der Waals surface area contributed by atoms with Gasteiger partial charge in [-0.15, -0.1) is 0 Å². The third-order valence-electron chi connectivity index (χ3n) is 3.91. The predicted molar refractivity (Wildman–Crippen MR) is 74.9 cm³/mol. The number of hydrogen-bond acceptors (Lipinski definition) is 2. The van der Waals surface area contributed by atoms with Crippen LogP contribution in [0.15, 0.2) is 30.3 Å². The molecule has 1 atom stereocenters. The van der Waals surface area contributed by atoms with Gasteiger partial charge in [-0.3, -0.25) is 4.79 Å². The van der Waals surface area contributed by atoms with Gasteiger partial charge in [0.05, 0.1) is 0 Å². The highest BCUT2D eigenvalue weighted by molar-refractivity contribution is 5.96. The Balaban J connectivity index is 1.85. The summed E-state index contributed by atoms with van der Waals surface area (Å²) in [6, 6.07) is 10.3. The van der Waals surface area contributed by atoms with E-state index in [4.69, 9.17) is 0 Å². The molecular weight excluding hydrogens is 222 g/mol. The van der Waals surface area contributed by atoms with Crippen LogP contribution in [0.2, 0.25) is 0 Å². The fourth-order valence-electron chi connectivity index (χ4n) is 2.68. The smallest absolute Gasteiger partial charge is 0.164 e. The van der Waals surface area contributed by atoms with Crippen molar-refractivity contribution in [3.05, 3.63) is 35.9 Å². The standard InChI is InChI=1S/C16H23NO/c1-14-8-4-3-7-12-17(14)13-11-16(18)15-9-5-2-6-10-15/h2,5-6,9-10,14H,3-4,7-8,11-13H2,1H3/t14-/m1/s1. The number of Topliss-reactive ketones (excluding diaryl/α,β-unsaturated/α-hetero) is 1. The van der Waals surface area contributed by atoms with E-state index in [-0.39, 0.29) is 5.78 Å². The Bertz CT molecular complexity index is 374. The van der Waals surface area contributed by atoms with Crippen LogP contribution >= 0.6 is 0 Å². The lowest BCUT2D eigenvalue weighted by molar-refractivity contribution is 0.0954. The zero-order valence-corrected chi connectivity index (χ0v) is 11.3. The monoisotopic (exact) mass is 245 g/mol. The fraction of sp³-hybridized carbons (Fsp3) is 0.562. The number of ketones is 1. The van der Waals surface area contributed by atoms with Crippen molar-refractivity contribution in [1.29, 1.82) is 0 Å². The maximum absolute atomic E-state index is 12.1. The third-order valence-corrected chi connectivity index (χ3v) is 3.91. The molecule has 18 heavy (non-hydrogen) atoms. The van der Waals surface area contributed by atoms with Crippen LogP contribution in [0, 0.1) is 0 Å². The van der Waals surface area contributed by atoms with Crippen LogP contribution in [0.1, 0.15) is 49.4 Å². The summed E-state index contributed by atoms with van der Waals surface area (Å²) in [6.45, 7) is 4.36. The van der Waals surface area contributed by atoms with Crippen LogP contribution in [0.5, 0.6) is 0 Å². The van der Waals surface area contributed by atoms with Crippen molar-refractivity contribution in [2.45, 2.75) is 45.1 Å². The average Bonchev–Trinajstić information content (AvgIpc) is 2.62. The minimum Gasteiger partial charge on any atom is -0.300 e. The van der Waals surface area contributed by atoms with Crippen molar-refractivity contribution in [3.63, 3.8) is 0 Å². The fourth-order valence-corrected chi connectivity index (χ4v) is 2.68. The second kappa shape index (κ2) is 6.69. The van der Waals surface area contributed by atoms with Crippen molar-refractivity contribution in [2.24, 2.45) is 0 Å². The molecule has 0 aliphatic carbocycles. The Morgan fingerprint density at radius 3 is 2.78 bits per heavy atom. The average molecular weight is 245 g/mol. The predicted octanol–water partition coefficient (Wildman–Crippen LogP) is 3.52. The van der Waals surface area contributed by atoms with Gasteiger partial charge in [0.1, 0.15) is 0 Å². The summed E-state index contributed by atoms with van der Waals surface area (Å²) in [5.41, 5.74) is 0.847. The molecule has 0 spiro atoms. The molecule has 98 valence electrons. The molecule has 0 aromatic heterocycles. The van der Waals surface area contributed by atoms with E-state index in [1.807, 2.05) is 30.3 Å². The molecule has 2 nitrogen and oxygen atoms in total. The first-order valence-electron chi connectivity index (χ1n) is 7.09. The third kappa shape index (κ3) is 3.67. The highest BCUT2D eigenvalue weighted by atomic mass is 16.1. The molecule has 1 aliphatic heterocycles. The van der Waals surface area contributed by atoms with E-state index < -0.39 is 0 Å². The van der Waals surface area contributed by atoms with E-state index in [1.54, 1.807) is 0 Å². The highest BCUT2D eigenvalue weighted by Crippen LogP contribution is 2.17. The minimum absolute atomic E-state index is 0.270. The maximum atomic E-state index is 12.1. The molecule has 2 heteroatoms. The lowest BCUT2D eigenvalue weighted by Crippen LogP contribution is -2.34. The molecule has 1 heterocycles. The Labute approximate surface area is 110 Å². The molecular formula is C16H23NO. The number of carbonyl (C=O) groups excluding carboxylic acids is 1.